The number of hydrogen-bond acceptors (Lipinski definition) is 4. The molecule has 6 nitrogen and oxygen atoms in total. The van der Waals surface area contributed by atoms with Gasteiger partial charge in [-0.1, -0.05) is 0 Å². The topological polar surface area (TPSA) is 62.7 Å². The van der Waals surface area contributed by atoms with Crippen molar-refractivity contribution in [3.63, 3.8) is 0 Å². The summed E-state index contributed by atoms with van der Waals surface area (Å²) < 4.78 is 32.6. The van der Waals surface area contributed by atoms with Crippen molar-refractivity contribution in [3.05, 3.63) is 59.9 Å². The second kappa shape index (κ2) is 8.98. The highest BCUT2D eigenvalue weighted by molar-refractivity contribution is 5.98. The summed E-state index contributed by atoms with van der Waals surface area (Å²) in [6.45, 7) is 5.12. The summed E-state index contributed by atoms with van der Waals surface area (Å²) in [5.74, 6) is -1.96. The maximum absolute atomic E-state index is 13.6. The van der Waals surface area contributed by atoms with Crippen LogP contribution in [0.3, 0.4) is 0 Å². The molecule has 0 spiro atoms. The van der Waals surface area contributed by atoms with E-state index in [1.165, 1.54) is 18.1 Å². The van der Waals surface area contributed by atoms with Crippen LogP contribution < -0.4 is 4.90 Å². The molecule has 29 heavy (non-hydrogen) atoms. The van der Waals surface area contributed by atoms with Gasteiger partial charge in [-0.2, -0.15) is 0 Å². The number of pyridine rings is 1. The zero-order valence-electron chi connectivity index (χ0n) is 17.1. The number of likely N-dealkylation sites (N-methyl/N-ethyl adjacent to an activating group) is 2. The van der Waals surface area contributed by atoms with E-state index in [-0.39, 0.29) is 12.0 Å². The molecule has 1 aromatic heterocycles. The number of carbonyl (C=O) groups is 2. The molecule has 0 N–H and O–H groups in total. The van der Waals surface area contributed by atoms with Crippen molar-refractivity contribution in [3.8, 4) is 0 Å². The Hall–Kier alpha value is -3.03. The van der Waals surface area contributed by atoms with Crippen molar-refractivity contribution in [2.75, 3.05) is 19.0 Å². The zero-order chi connectivity index (χ0) is 21.8. The molecule has 1 atom stereocenters. The molecule has 156 valence electrons. The van der Waals surface area contributed by atoms with E-state index in [9.17, 15) is 18.4 Å². The van der Waals surface area contributed by atoms with E-state index in [1.807, 2.05) is 0 Å². The molecule has 0 saturated carbocycles. The van der Waals surface area contributed by atoms with Crippen LogP contribution in [0.5, 0.6) is 0 Å². The molecule has 0 radical (unpaired) electrons. The van der Waals surface area contributed by atoms with Crippen molar-refractivity contribution >= 4 is 17.7 Å². The minimum atomic E-state index is -1.05. The number of aromatic nitrogens is 1. The molecule has 2 aromatic rings. The van der Waals surface area contributed by atoms with E-state index in [2.05, 4.69) is 4.98 Å². The Balaban J connectivity index is 2.35. The zero-order valence-corrected chi connectivity index (χ0v) is 17.1. The first-order valence-corrected chi connectivity index (χ1v) is 9.06. The third kappa shape index (κ3) is 6.23. The van der Waals surface area contributed by atoms with Crippen LogP contribution in [0.2, 0.25) is 0 Å². The molecule has 0 saturated heterocycles. The molecule has 1 aromatic carbocycles. The van der Waals surface area contributed by atoms with Crippen LogP contribution in [0.15, 0.2) is 42.7 Å². The fourth-order valence-corrected chi connectivity index (χ4v) is 2.71. The first-order valence-electron chi connectivity index (χ1n) is 9.06. The summed E-state index contributed by atoms with van der Waals surface area (Å²) in [5, 5.41) is 0. The molecule has 2 rings (SSSR count). The molecule has 1 heterocycles. The number of carbonyl (C=O) groups excluding carboxylic acids is 2. The largest absolute Gasteiger partial charge is 0.444 e. The summed E-state index contributed by atoms with van der Waals surface area (Å²) in [6.07, 6.45) is 2.27. The van der Waals surface area contributed by atoms with E-state index < -0.39 is 35.3 Å². The standard InChI is InChI=1S/C21H25F2N3O3/c1-21(2,3)29-20(28)26(5)18(11-14-9-15(22)12-16(23)10-14)19(27)25(4)17-7-6-8-24-13-17/h6-10,12-13,18H,11H2,1-5H3. The predicted molar refractivity (Wildman–Crippen MR) is 105 cm³/mol. The SMILES string of the molecule is CN(C(=O)C(Cc1cc(F)cc(F)c1)N(C)C(=O)OC(C)(C)C)c1cccnc1. The second-order valence-electron chi connectivity index (χ2n) is 7.70. The third-order valence-electron chi connectivity index (χ3n) is 4.15. The Bertz CT molecular complexity index is 849. The van der Waals surface area contributed by atoms with Gasteiger partial charge in [0.15, 0.2) is 0 Å². The lowest BCUT2D eigenvalue weighted by atomic mass is 10.0. The smallest absolute Gasteiger partial charge is 0.410 e. The van der Waals surface area contributed by atoms with E-state index in [0.717, 1.165) is 23.1 Å². The first-order chi connectivity index (χ1) is 13.5. The number of amides is 2. The third-order valence-corrected chi connectivity index (χ3v) is 4.15. The highest BCUT2D eigenvalue weighted by Crippen LogP contribution is 2.19. The van der Waals surface area contributed by atoms with Gasteiger partial charge in [0.2, 0.25) is 5.91 Å². The lowest BCUT2D eigenvalue weighted by molar-refractivity contribution is -0.123. The van der Waals surface area contributed by atoms with Gasteiger partial charge < -0.3 is 9.64 Å². The van der Waals surface area contributed by atoms with Crippen molar-refractivity contribution < 1.29 is 23.1 Å². The number of halogens is 2. The van der Waals surface area contributed by atoms with Crippen molar-refractivity contribution in [2.24, 2.45) is 0 Å². The number of benzene rings is 1. The molecule has 1 unspecified atom stereocenters. The quantitative estimate of drug-likeness (QED) is 0.759. The van der Waals surface area contributed by atoms with Gasteiger partial charge in [0.25, 0.3) is 0 Å². The number of anilines is 1. The Morgan fingerprint density at radius 3 is 2.28 bits per heavy atom. The number of ether oxygens (including phenoxy) is 1. The molecular weight excluding hydrogens is 380 g/mol. The number of hydrogen-bond donors (Lipinski definition) is 0. The molecule has 8 heteroatoms. The normalized spacial score (nSPS) is 12.2. The first kappa shape index (κ1) is 22.3. The second-order valence-corrected chi connectivity index (χ2v) is 7.70. The highest BCUT2D eigenvalue weighted by atomic mass is 19.1. The minimum Gasteiger partial charge on any atom is -0.444 e. The average Bonchev–Trinajstić information content (AvgIpc) is 2.63. The fraction of sp³-hybridized carbons (Fsp3) is 0.381. The van der Waals surface area contributed by atoms with Gasteiger partial charge in [0, 0.05) is 32.8 Å². The highest BCUT2D eigenvalue weighted by Gasteiger charge is 2.33. The van der Waals surface area contributed by atoms with Crippen molar-refractivity contribution in [1.29, 1.82) is 0 Å². The van der Waals surface area contributed by atoms with Gasteiger partial charge >= 0.3 is 6.09 Å². The fourth-order valence-electron chi connectivity index (χ4n) is 2.71. The predicted octanol–water partition coefficient (Wildman–Crippen LogP) is 3.80. The molecule has 0 aliphatic carbocycles. The molecule has 0 aliphatic rings. The average molecular weight is 405 g/mol. The molecule has 0 bridgehead atoms. The summed E-state index contributed by atoms with van der Waals surface area (Å²) in [7, 11) is 2.96. The van der Waals surface area contributed by atoms with Crippen LogP contribution in [0.1, 0.15) is 26.3 Å². The lowest BCUT2D eigenvalue weighted by Crippen LogP contribution is -2.50. The monoisotopic (exact) mass is 405 g/mol. The van der Waals surface area contributed by atoms with Crippen LogP contribution >= 0.6 is 0 Å². The van der Waals surface area contributed by atoms with E-state index in [4.69, 9.17) is 4.74 Å². The van der Waals surface area contributed by atoms with Crippen LogP contribution in [0, 0.1) is 11.6 Å². The van der Waals surface area contributed by atoms with Gasteiger partial charge in [0.1, 0.15) is 23.3 Å². The number of rotatable bonds is 5. The van der Waals surface area contributed by atoms with Crippen LogP contribution in [-0.4, -0.2) is 47.6 Å². The van der Waals surface area contributed by atoms with Gasteiger partial charge in [-0.15, -0.1) is 0 Å². The Morgan fingerprint density at radius 2 is 1.76 bits per heavy atom. The number of nitrogens with zero attached hydrogens (tertiary/aromatic N) is 3. The Kier molecular flexibility index (Phi) is 6.89. The summed E-state index contributed by atoms with van der Waals surface area (Å²) in [5.41, 5.74) is 0.000419. The van der Waals surface area contributed by atoms with Crippen molar-refractivity contribution in [2.45, 2.75) is 38.8 Å². The summed E-state index contributed by atoms with van der Waals surface area (Å²) in [6, 6.07) is 5.34. The maximum Gasteiger partial charge on any atom is 0.410 e. The Morgan fingerprint density at radius 1 is 1.14 bits per heavy atom. The van der Waals surface area contributed by atoms with Gasteiger partial charge in [0.05, 0.1) is 11.9 Å². The van der Waals surface area contributed by atoms with E-state index >= 15 is 0 Å². The Labute approximate surface area is 169 Å². The summed E-state index contributed by atoms with van der Waals surface area (Å²) >= 11 is 0. The van der Waals surface area contributed by atoms with Gasteiger partial charge in [-0.05, 0) is 50.6 Å². The van der Waals surface area contributed by atoms with Crippen LogP contribution in [0.25, 0.3) is 0 Å². The van der Waals surface area contributed by atoms with Crippen molar-refractivity contribution in [1.82, 2.24) is 9.88 Å². The van der Waals surface area contributed by atoms with Crippen LogP contribution in [-0.2, 0) is 16.0 Å². The molecular formula is C21H25F2N3O3. The van der Waals surface area contributed by atoms with Gasteiger partial charge in [-0.3, -0.25) is 14.7 Å². The maximum atomic E-state index is 13.6. The molecule has 0 aliphatic heterocycles. The lowest BCUT2D eigenvalue weighted by Gasteiger charge is -2.32. The van der Waals surface area contributed by atoms with E-state index in [0.29, 0.717) is 5.69 Å². The molecule has 2 amide bonds. The van der Waals surface area contributed by atoms with Gasteiger partial charge in [-0.25, -0.2) is 13.6 Å². The van der Waals surface area contributed by atoms with E-state index in [1.54, 1.807) is 46.1 Å². The summed E-state index contributed by atoms with van der Waals surface area (Å²) in [4.78, 5) is 32.2. The van der Waals surface area contributed by atoms with Crippen LogP contribution in [0.4, 0.5) is 19.3 Å². The molecule has 0 fully saturated rings. The minimum absolute atomic E-state index is 0.0894.